The summed E-state index contributed by atoms with van der Waals surface area (Å²) >= 11 is 3.36. The first-order valence-corrected chi connectivity index (χ1v) is 4.51. The first kappa shape index (κ1) is 8.20. The van der Waals surface area contributed by atoms with Gasteiger partial charge in [-0.1, -0.05) is 15.9 Å². The number of hydrogen-bond donors (Lipinski definition) is 0. The van der Waals surface area contributed by atoms with Crippen molar-refractivity contribution in [1.29, 1.82) is 0 Å². The van der Waals surface area contributed by atoms with Crippen LogP contribution >= 0.6 is 15.9 Å². The zero-order valence-corrected chi connectivity index (χ0v) is 8.19. The van der Waals surface area contributed by atoms with Gasteiger partial charge in [0.25, 0.3) is 0 Å². The van der Waals surface area contributed by atoms with E-state index in [1.807, 2.05) is 6.92 Å². The van der Waals surface area contributed by atoms with Crippen LogP contribution < -0.4 is 0 Å². The fraction of sp³-hybridized carbons (Fsp3) is 0.333. The molecule has 0 radical (unpaired) electrons. The number of halogens is 2. The molecule has 0 bridgehead atoms. The van der Waals surface area contributed by atoms with E-state index in [9.17, 15) is 4.39 Å². The molecule has 0 aliphatic carbocycles. The second-order valence-corrected chi connectivity index (χ2v) is 4.00. The third-order valence-electron chi connectivity index (χ3n) is 2.08. The SMILES string of the molecule is CC1(c2cc(F)ccc2Br)CO1. The van der Waals surface area contributed by atoms with Crippen LogP contribution in [0.4, 0.5) is 4.39 Å². The van der Waals surface area contributed by atoms with E-state index in [2.05, 4.69) is 15.9 Å². The summed E-state index contributed by atoms with van der Waals surface area (Å²) in [5.74, 6) is -0.218. The molecular weight excluding hydrogens is 223 g/mol. The van der Waals surface area contributed by atoms with E-state index in [1.165, 1.54) is 12.1 Å². The van der Waals surface area contributed by atoms with Gasteiger partial charge in [-0.15, -0.1) is 0 Å². The van der Waals surface area contributed by atoms with Crippen molar-refractivity contribution in [2.45, 2.75) is 12.5 Å². The van der Waals surface area contributed by atoms with Crippen molar-refractivity contribution in [3.8, 4) is 0 Å². The van der Waals surface area contributed by atoms with Gasteiger partial charge in [0.15, 0.2) is 0 Å². The highest BCUT2D eigenvalue weighted by molar-refractivity contribution is 9.10. The van der Waals surface area contributed by atoms with Gasteiger partial charge < -0.3 is 4.74 Å². The van der Waals surface area contributed by atoms with Gasteiger partial charge in [-0.2, -0.15) is 0 Å². The molecule has 1 fully saturated rings. The Labute approximate surface area is 78.7 Å². The summed E-state index contributed by atoms with van der Waals surface area (Å²) in [6.45, 7) is 2.63. The second-order valence-electron chi connectivity index (χ2n) is 3.14. The molecule has 0 saturated carbocycles. The van der Waals surface area contributed by atoms with Crippen molar-refractivity contribution < 1.29 is 9.13 Å². The van der Waals surface area contributed by atoms with E-state index in [-0.39, 0.29) is 11.4 Å². The van der Waals surface area contributed by atoms with E-state index < -0.39 is 0 Å². The molecule has 1 saturated heterocycles. The average Bonchev–Trinajstić information content (AvgIpc) is 2.75. The van der Waals surface area contributed by atoms with Crippen LogP contribution in [0.25, 0.3) is 0 Å². The Bertz CT molecular complexity index is 320. The number of hydrogen-bond acceptors (Lipinski definition) is 1. The molecule has 1 aliphatic rings. The van der Waals surface area contributed by atoms with Crippen LogP contribution in [0, 0.1) is 5.82 Å². The summed E-state index contributed by atoms with van der Waals surface area (Å²) in [5.41, 5.74) is 0.628. The molecule has 0 aromatic heterocycles. The van der Waals surface area contributed by atoms with E-state index in [0.717, 1.165) is 10.0 Å². The van der Waals surface area contributed by atoms with E-state index in [0.29, 0.717) is 6.61 Å². The summed E-state index contributed by atoms with van der Waals surface area (Å²) < 4.78 is 19.0. The lowest BCUT2D eigenvalue weighted by atomic mass is 10.0. The highest BCUT2D eigenvalue weighted by Gasteiger charge is 2.42. The maximum absolute atomic E-state index is 12.8. The summed E-state index contributed by atoms with van der Waals surface area (Å²) in [6, 6.07) is 4.65. The summed E-state index contributed by atoms with van der Waals surface area (Å²) in [6.07, 6.45) is 0. The Morgan fingerprint density at radius 2 is 2.25 bits per heavy atom. The molecule has 64 valence electrons. The van der Waals surface area contributed by atoms with Crippen LogP contribution in [-0.2, 0) is 10.3 Å². The molecule has 1 heterocycles. The highest BCUT2D eigenvalue weighted by atomic mass is 79.9. The third kappa shape index (κ3) is 1.27. The summed E-state index contributed by atoms with van der Waals surface area (Å²) in [7, 11) is 0. The molecular formula is C9H8BrFO. The van der Waals surface area contributed by atoms with E-state index >= 15 is 0 Å². The van der Waals surface area contributed by atoms with Crippen LogP contribution in [0.2, 0.25) is 0 Å². The molecule has 1 atom stereocenters. The molecule has 2 rings (SSSR count). The maximum Gasteiger partial charge on any atom is 0.123 e. The average molecular weight is 231 g/mol. The second kappa shape index (κ2) is 2.54. The number of ether oxygens (including phenoxy) is 1. The van der Waals surface area contributed by atoms with Crippen molar-refractivity contribution in [2.75, 3.05) is 6.61 Å². The smallest absolute Gasteiger partial charge is 0.123 e. The normalized spacial score (nSPS) is 27.2. The minimum Gasteiger partial charge on any atom is -0.365 e. The lowest BCUT2D eigenvalue weighted by Crippen LogP contribution is -2.03. The highest BCUT2D eigenvalue weighted by Crippen LogP contribution is 2.41. The predicted molar refractivity (Wildman–Crippen MR) is 47.4 cm³/mol. The van der Waals surface area contributed by atoms with Gasteiger partial charge >= 0.3 is 0 Å². The van der Waals surface area contributed by atoms with Gasteiger partial charge in [-0.3, -0.25) is 0 Å². The molecule has 1 aliphatic heterocycles. The molecule has 12 heavy (non-hydrogen) atoms. The van der Waals surface area contributed by atoms with Crippen LogP contribution in [-0.4, -0.2) is 6.61 Å². The van der Waals surface area contributed by atoms with Gasteiger partial charge in [0.05, 0.1) is 6.61 Å². The van der Waals surface area contributed by atoms with Gasteiger partial charge in [-0.05, 0) is 25.1 Å². The van der Waals surface area contributed by atoms with Gasteiger partial charge in [0, 0.05) is 10.0 Å². The van der Waals surface area contributed by atoms with Gasteiger partial charge in [0.2, 0.25) is 0 Å². The summed E-state index contributed by atoms with van der Waals surface area (Å²) in [5, 5.41) is 0. The minimum atomic E-state index is -0.263. The number of rotatable bonds is 1. The molecule has 1 unspecified atom stereocenters. The minimum absolute atomic E-state index is 0.218. The zero-order chi connectivity index (χ0) is 8.77. The Balaban J connectivity index is 2.48. The number of epoxide rings is 1. The molecule has 1 aromatic rings. The van der Waals surface area contributed by atoms with Crippen molar-refractivity contribution in [3.63, 3.8) is 0 Å². The van der Waals surface area contributed by atoms with Crippen molar-refractivity contribution in [3.05, 3.63) is 34.1 Å². The maximum atomic E-state index is 12.8. The van der Waals surface area contributed by atoms with E-state index in [1.54, 1.807) is 6.07 Å². The predicted octanol–water partition coefficient (Wildman–Crippen LogP) is 2.83. The topological polar surface area (TPSA) is 12.5 Å². The quantitative estimate of drug-likeness (QED) is 0.677. The summed E-state index contributed by atoms with van der Waals surface area (Å²) in [4.78, 5) is 0. The fourth-order valence-electron chi connectivity index (χ4n) is 1.17. The lowest BCUT2D eigenvalue weighted by Gasteiger charge is -2.07. The van der Waals surface area contributed by atoms with Crippen LogP contribution in [0.3, 0.4) is 0 Å². The Hall–Kier alpha value is -0.410. The van der Waals surface area contributed by atoms with Gasteiger partial charge in [-0.25, -0.2) is 4.39 Å². The van der Waals surface area contributed by atoms with Crippen molar-refractivity contribution >= 4 is 15.9 Å². The zero-order valence-electron chi connectivity index (χ0n) is 6.60. The largest absolute Gasteiger partial charge is 0.365 e. The lowest BCUT2D eigenvalue weighted by molar-refractivity contribution is 0.328. The van der Waals surface area contributed by atoms with E-state index in [4.69, 9.17) is 4.74 Å². The van der Waals surface area contributed by atoms with Crippen LogP contribution in [0.1, 0.15) is 12.5 Å². The molecule has 0 N–H and O–H groups in total. The molecule has 3 heteroatoms. The fourth-order valence-corrected chi connectivity index (χ4v) is 1.83. The Morgan fingerprint density at radius 3 is 2.83 bits per heavy atom. The Morgan fingerprint density at radius 1 is 1.58 bits per heavy atom. The molecule has 0 amide bonds. The van der Waals surface area contributed by atoms with Crippen molar-refractivity contribution in [1.82, 2.24) is 0 Å². The molecule has 0 spiro atoms. The van der Waals surface area contributed by atoms with Crippen LogP contribution in [0.15, 0.2) is 22.7 Å². The first-order chi connectivity index (χ1) is 5.62. The Kier molecular flexibility index (Phi) is 1.73. The van der Waals surface area contributed by atoms with Crippen LogP contribution in [0.5, 0.6) is 0 Å². The van der Waals surface area contributed by atoms with Crippen molar-refractivity contribution in [2.24, 2.45) is 0 Å². The first-order valence-electron chi connectivity index (χ1n) is 3.71. The van der Waals surface area contributed by atoms with Gasteiger partial charge in [0.1, 0.15) is 11.4 Å². The third-order valence-corrected chi connectivity index (χ3v) is 2.77. The molecule has 1 nitrogen and oxygen atoms in total. The molecule has 1 aromatic carbocycles. The standard InChI is InChI=1S/C9H8BrFO/c1-9(5-12-9)7-4-6(11)2-3-8(7)10/h2-4H,5H2,1H3. The monoisotopic (exact) mass is 230 g/mol. The number of benzene rings is 1.